The normalized spacial score (nSPS) is 11.0. The second-order valence-electron chi connectivity index (χ2n) is 5.53. The van der Waals surface area contributed by atoms with E-state index in [4.69, 9.17) is 0 Å². The van der Waals surface area contributed by atoms with E-state index in [1.165, 1.54) is 17.4 Å². The Morgan fingerprint density at radius 2 is 1.13 bits per heavy atom. The Labute approximate surface area is 136 Å². The van der Waals surface area contributed by atoms with E-state index in [2.05, 4.69) is 12.1 Å². The highest BCUT2D eigenvalue weighted by atomic mass is 31.1. The van der Waals surface area contributed by atoms with Crippen molar-refractivity contribution >= 4 is 23.8 Å². The van der Waals surface area contributed by atoms with Crippen LogP contribution in [0.4, 0.5) is 8.78 Å². The van der Waals surface area contributed by atoms with Crippen LogP contribution in [0.25, 0.3) is 0 Å². The summed E-state index contributed by atoms with van der Waals surface area (Å²) < 4.78 is 27.0. The van der Waals surface area contributed by atoms with Gasteiger partial charge in [0.05, 0.1) is 0 Å². The van der Waals surface area contributed by atoms with E-state index >= 15 is 0 Å². The van der Waals surface area contributed by atoms with Crippen molar-refractivity contribution in [3.63, 3.8) is 0 Å². The summed E-state index contributed by atoms with van der Waals surface area (Å²) in [7, 11) is -0.846. The van der Waals surface area contributed by atoms with Gasteiger partial charge in [-0.15, -0.1) is 0 Å². The summed E-state index contributed by atoms with van der Waals surface area (Å²) in [5.74, 6) is -0.463. The summed E-state index contributed by atoms with van der Waals surface area (Å²) in [6.07, 6.45) is 0. The lowest BCUT2D eigenvalue weighted by molar-refractivity contribution is 0.627. The number of rotatable bonds is 3. The van der Waals surface area contributed by atoms with Crippen molar-refractivity contribution in [3.05, 3.63) is 89.5 Å². The molecule has 0 aliphatic carbocycles. The molecule has 0 N–H and O–H groups in total. The number of benzene rings is 3. The zero-order chi connectivity index (χ0) is 16.4. The molecule has 0 spiro atoms. The minimum atomic E-state index is -0.846. The van der Waals surface area contributed by atoms with E-state index < -0.39 is 7.92 Å². The van der Waals surface area contributed by atoms with Crippen LogP contribution in [0.2, 0.25) is 0 Å². The van der Waals surface area contributed by atoms with Gasteiger partial charge in [0, 0.05) is 0 Å². The molecule has 0 aromatic heterocycles. The quantitative estimate of drug-likeness (QED) is 0.628. The van der Waals surface area contributed by atoms with Gasteiger partial charge in [0.2, 0.25) is 0 Å². The summed E-state index contributed by atoms with van der Waals surface area (Å²) in [6, 6.07) is 20.0. The summed E-state index contributed by atoms with van der Waals surface area (Å²) in [5.41, 5.74) is 1.84. The molecule has 0 saturated carbocycles. The Bertz CT molecular complexity index is 777. The van der Waals surface area contributed by atoms with E-state index in [9.17, 15) is 8.78 Å². The van der Waals surface area contributed by atoms with Crippen molar-refractivity contribution in [1.29, 1.82) is 0 Å². The predicted octanol–water partition coefficient (Wildman–Crippen LogP) is 4.34. The fourth-order valence-corrected chi connectivity index (χ4v) is 5.29. The van der Waals surface area contributed by atoms with Crippen LogP contribution >= 0.6 is 7.92 Å². The first kappa shape index (κ1) is 15.8. The smallest absolute Gasteiger partial charge is 0.123 e. The molecule has 116 valence electrons. The van der Waals surface area contributed by atoms with Gasteiger partial charge in [-0.05, 0) is 73.1 Å². The molecule has 0 nitrogen and oxygen atoms in total. The van der Waals surface area contributed by atoms with E-state index in [0.717, 1.165) is 21.7 Å². The molecule has 0 aliphatic heterocycles. The molecule has 0 heterocycles. The zero-order valence-electron chi connectivity index (χ0n) is 13.1. The number of hydrogen-bond donors (Lipinski definition) is 0. The Balaban J connectivity index is 2.22. The summed E-state index contributed by atoms with van der Waals surface area (Å²) in [4.78, 5) is 0. The molecule has 3 aromatic carbocycles. The average molecular weight is 326 g/mol. The first-order valence-corrected chi connectivity index (χ1v) is 8.78. The van der Waals surface area contributed by atoms with Gasteiger partial charge in [-0.1, -0.05) is 42.5 Å². The lowest BCUT2D eigenvalue weighted by atomic mass is 10.2. The Morgan fingerprint density at radius 3 is 1.57 bits per heavy atom. The number of aryl methyl sites for hydroxylation is 2. The second kappa shape index (κ2) is 6.60. The summed E-state index contributed by atoms with van der Waals surface area (Å²) in [6.45, 7) is 3.85. The monoisotopic (exact) mass is 326 g/mol. The molecule has 0 saturated heterocycles. The largest absolute Gasteiger partial charge is 0.207 e. The van der Waals surface area contributed by atoms with Crippen LogP contribution in [0.15, 0.2) is 66.7 Å². The fourth-order valence-electron chi connectivity index (χ4n) is 2.72. The third kappa shape index (κ3) is 3.33. The molecule has 0 aliphatic rings. The maximum atomic E-state index is 13.5. The summed E-state index contributed by atoms with van der Waals surface area (Å²) in [5, 5.41) is 3.37. The van der Waals surface area contributed by atoms with Crippen molar-refractivity contribution in [2.45, 2.75) is 13.8 Å². The van der Waals surface area contributed by atoms with Crippen molar-refractivity contribution in [1.82, 2.24) is 0 Å². The molecule has 3 rings (SSSR count). The van der Waals surface area contributed by atoms with Crippen molar-refractivity contribution in [2.75, 3.05) is 0 Å². The van der Waals surface area contributed by atoms with Crippen LogP contribution in [0.5, 0.6) is 0 Å². The molecule has 0 amide bonds. The maximum absolute atomic E-state index is 13.5. The third-order valence-electron chi connectivity index (χ3n) is 3.81. The van der Waals surface area contributed by atoms with Gasteiger partial charge >= 0.3 is 0 Å². The minimum absolute atomic E-state index is 0.231. The van der Waals surface area contributed by atoms with Gasteiger partial charge < -0.3 is 0 Å². The molecule has 3 aromatic rings. The molecular weight excluding hydrogens is 309 g/mol. The van der Waals surface area contributed by atoms with Crippen LogP contribution in [0.1, 0.15) is 11.1 Å². The van der Waals surface area contributed by atoms with Crippen molar-refractivity contribution in [3.8, 4) is 0 Å². The van der Waals surface area contributed by atoms with Gasteiger partial charge in [0.1, 0.15) is 11.6 Å². The Kier molecular flexibility index (Phi) is 4.54. The van der Waals surface area contributed by atoms with Crippen molar-refractivity contribution < 1.29 is 8.78 Å². The van der Waals surface area contributed by atoms with Gasteiger partial charge in [-0.2, -0.15) is 0 Å². The highest BCUT2D eigenvalue weighted by Crippen LogP contribution is 2.35. The Hall–Kier alpha value is -2.05. The van der Waals surface area contributed by atoms with Crippen molar-refractivity contribution in [2.24, 2.45) is 0 Å². The highest BCUT2D eigenvalue weighted by molar-refractivity contribution is 7.80. The first-order valence-electron chi connectivity index (χ1n) is 7.44. The second-order valence-corrected chi connectivity index (χ2v) is 7.68. The van der Waals surface area contributed by atoms with E-state index in [-0.39, 0.29) is 11.6 Å². The van der Waals surface area contributed by atoms with Crippen LogP contribution in [-0.2, 0) is 0 Å². The molecule has 0 unspecified atom stereocenters. The van der Waals surface area contributed by atoms with Crippen LogP contribution in [0, 0.1) is 25.5 Å². The number of hydrogen-bond acceptors (Lipinski definition) is 0. The lowest BCUT2D eigenvalue weighted by Crippen LogP contribution is -2.24. The zero-order valence-corrected chi connectivity index (χ0v) is 13.9. The molecule has 0 radical (unpaired) electrons. The summed E-state index contributed by atoms with van der Waals surface area (Å²) >= 11 is 0. The highest BCUT2D eigenvalue weighted by Gasteiger charge is 2.20. The lowest BCUT2D eigenvalue weighted by Gasteiger charge is -2.23. The van der Waals surface area contributed by atoms with E-state index in [1.54, 1.807) is 12.1 Å². The fraction of sp³-hybridized carbons (Fsp3) is 0.100. The average Bonchev–Trinajstić information content (AvgIpc) is 2.52. The molecule has 23 heavy (non-hydrogen) atoms. The van der Waals surface area contributed by atoms with Gasteiger partial charge in [-0.3, -0.25) is 0 Å². The SMILES string of the molecule is Cc1cc(F)ccc1P(c1ccccc1)c1ccc(F)cc1C. The molecule has 0 fully saturated rings. The number of halogens is 2. The van der Waals surface area contributed by atoms with E-state index in [0.29, 0.717) is 0 Å². The predicted molar refractivity (Wildman–Crippen MR) is 94.5 cm³/mol. The molecule has 0 bridgehead atoms. The van der Waals surface area contributed by atoms with Crippen LogP contribution in [0.3, 0.4) is 0 Å². The minimum Gasteiger partial charge on any atom is -0.207 e. The molecule has 0 atom stereocenters. The molecule has 3 heteroatoms. The van der Waals surface area contributed by atoms with Gasteiger partial charge in [0.15, 0.2) is 0 Å². The van der Waals surface area contributed by atoms with Gasteiger partial charge in [-0.25, -0.2) is 8.78 Å². The topological polar surface area (TPSA) is 0 Å². The third-order valence-corrected chi connectivity index (χ3v) is 6.60. The van der Waals surface area contributed by atoms with E-state index in [1.807, 2.05) is 44.2 Å². The van der Waals surface area contributed by atoms with Crippen LogP contribution < -0.4 is 15.9 Å². The first-order chi connectivity index (χ1) is 11.1. The standard InChI is InChI=1S/C20H17F2P/c1-14-12-16(21)8-10-19(14)23(18-6-4-3-5-7-18)20-11-9-17(22)13-15(20)2/h3-13H,1-2H3. The van der Waals surface area contributed by atoms with Crippen LogP contribution in [-0.4, -0.2) is 0 Å². The van der Waals surface area contributed by atoms with Gasteiger partial charge in [0.25, 0.3) is 0 Å². The maximum Gasteiger partial charge on any atom is 0.123 e. The molecular formula is C20H17F2P. The Morgan fingerprint density at radius 1 is 0.652 bits per heavy atom.